The van der Waals surface area contributed by atoms with Gasteiger partial charge in [-0.05, 0) is 75.7 Å². The number of rotatable bonds is 5. The molecule has 1 aromatic rings. The zero-order valence-corrected chi connectivity index (χ0v) is 15.0. The Morgan fingerprint density at radius 1 is 1.00 bits per heavy atom. The van der Waals surface area contributed by atoms with E-state index in [4.69, 9.17) is 0 Å². The quantitative estimate of drug-likeness (QED) is 0.826. The second-order valence-electron chi connectivity index (χ2n) is 7.87. The molecule has 0 heterocycles. The van der Waals surface area contributed by atoms with E-state index in [-0.39, 0.29) is 11.7 Å². The number of fused-ring (bicyclic) bond motifs is 1. The lowest BCUT2D eigenvalue weighted by atomic mass is 10.0. The van der Waals surface area contributed by atoms with Crippen LogP contribution in [0, 0.1) is 17.7 Å². The van der Waals surface area contributed by atoms with Gasteiger partial charge in [-0.3, -0.25) is 4.79 Å². The monoisotopic (exact) mass is 332 g/mol. The second-order valence-corrected chi connectivity index (χ2v) is 7.87. The zero-order valence-electron chi connectivity index (χ0n) is 15.0. The molecule has 3 nitrogen and oxygen atoms in total. The number of carbonyl (C=O) groups excluding carboxylic acids is 1. The fourth-order valence-corrected chi connectivity index (χ4v) is 4.57. The second kappa shape index (κ2) is 7.22. The van der Waals surface area contributed by atoms with Crippen molar-refractivity contribution in [1.29, 1.82) is 0 Å². The van der Waals surface area contributed by atoms with Crippen molar-refractivity contribution in [3.63, 3.8) is 0 Å². The molecule has 0 radical (unpaired) electrons. The van der Waals surface area contributed by atoms with Gasteiger partial charge in [-0.2, -0.15) is 0 Å². The number of halogens is 1. The van der Waals surface area contributed by atoms with Crippen LogP contribution in [0.4, 0.5) is 4.39 Å². The molecule has 4 heteroatoms. The molecule has 2 unspecified atom stereocenters. The van der Waals surface area contributed by atoms with Crippen molar-refractivity contribution < 1.29 is 9.18 Å². The summed E-state index contributed by atoms with van der Waals surface area (Å²) in [4.78, 5) is 16.8. The van der Waals surface area contributed by atoms with Crippen LogP contribution in [-0.4, -0.2) is 48.9 Å². The van der Waals surface area contributed by atoms with Crippen LogP contribution in [0.1, 0.15) is 37.7 Å². The average molecular weight is 332 g/mol. The molecule has 132 valence electrons. The third-order valence-corrected chi connectivity index (χ3v) is 6.18. The Morgan fingerprint density at radius 3 is 2.08 bits per heavy atom. The molecule has 0 aromatic heterocycles. The van der Waals surface area contributed by atoms with E-state index < -0.39 is 0 Å². The highest BCUT2D eigenvalue weighted by Crippen LogP contribution is 2.46. The first-order chi connectivity index (χ1) is 11.4. The normalized spacial score (nSPS) is 29.0. The highest BCUT2D eigenvalue weighted by Gasteiger charge is 2.43. The number of nitrogens with zero attached hydrogens (tertiary/aromatic N) is 2. The van der Waals surface area contributed by atoms with Crippen molar-refractivity contribution in [2.24, 2.45) is 11.8 Å². The molecule has 24 heavy (non-hydrogen) atoms. The number of carbonyl (C=O) groups is 1. The van der Waals surface area contributed by atoms with Gasteiger partial charge in [0.05, 0.1) is 0 Å². The van der Waals surface area contributed by atoms with Crippen molar-refractivity contribution >= 4 is 5.91 Å². The number of benzene rings is 1. The molecular formula is C20H29FN2O. The Labute approximate surface area is 144 Å². The number of amides is 1. The standard InChI is InChI=1S/C20H29FN2O/c1-22(2)18-10-15-12-19(13-16(15)11-18)23(3)20(24)9-6-14-4-7-17(21)8-5-14/h4-5,7-8,15-16,18-19H,6,9-13H2,1-3H3/t15-,16+,18?,19?. The minimum absolute atomic E-state index is 0.216. The van der Waals surface area contributed by atoms with E-state index in [0.29, 0.717) is 18.9 Å². The molecule has 2 fully saturated rings. The molecule has 0 spiro atoms. The highest BCUT2D eigenvalue weighted by atomic mass is 19.1. The van der Waals surface area contributed by atoms with Gasteiger partial charge in [0, 0.05) is 25.6 Å². The molecule has 3 rings (SSSR count). The first-order valence-corrected chi connectivity index (χ1v) is 9.10. The van der Waals surface area contributed by atoms with Crippen LogP contribution in [0.2, 0.25) is 0 Å². The zero-order chi connectivity index (χ0) is 17.3. The van der Waals surface area contributed by atoms with E-state index in [0.717, 1.165) is 36.3 Å². The van der Waals surface area contributed by atoms with Crippen molar-refractivity contribution in [3.05, 3.63) is 35.6 Å². The van der Waals surface area contributed by atoms with E-state index in [2.05, 4.69) is 19.0 Å². The highest BCUT2D eigenvalue weighted by molar-refractivity contribution is 5.76. The third-order valence-electron chi connectivity index (χ3n) is 6.18. The Kier molecular flexibility index (Phi) is 5.24. The molecule has 0 bridgehead atoms. The largest absolute Gasteiger partial charge is 0.343 e. The van der Waals surface area contributed by atoms with Crippen LogP contribution < -0.4 is 0 Å². The number of hydrogen-bond acceptors (Lipinski definition) is 2. The minimum atomic E-state index is -0.226. The molecule has 0 saturated heterocycles. The Morgan fingerprint density at radius 2 is 1.54 bits per heavy atom. The maximum absolute atomic E-state index is 12.9. The van der Waals surface area contributed by atoms with Crippen LogP contribution in [0.25, 0.3) is 0 Å². The summed E-state index contributed by atoms with van der Waals surface area (Å²) in [6.07, 6.45) is 6.08. The summed E-state index contributed by atoms with van der Waals surface area (Å²) in [6.45, 7) is 0. The van der Waals surface area contributed by atoms with Crippen LogP contribution >= 0.6 is 0 Å². The molecule has 1 amide bonds. The average Bonchev–Trinajstić information content (AvgIpc) is 3.12. The first kappa shape index (κ1) is 17.4. The fraction of sp³-hybridized carbons (Fsp3) is 0.650. The smallest absolute Gasteiger partial charge is 0.222 e. The summed E-state index contributed by atoms with van der Waals surface area (Å²) in [7, 11) is 6.31. The number of aryl methyl sites for hydroxylation is 1. The summed E-state index contributed by atoms with van der Waals surface area (Å²) in [6, 6.07) is 7.59. The Balaban J connectivity index is 1.48. The van der Waals surface area contributed by atoms with Crippen molar-refractivity contribution in [2.75, 3.05) is 21.1 Å². The van der Waals surface area contributed by atoms with E-state index in [9.17, 15) is 9.18 Å². The third kappa shape index (κ3) is 3.80. The van der Waals surface area contributed by atoms with Gasteiger partial charge < -0.3 is 9.80 Å². The molecule has 0 N–H and O–H groups in total. The molecule has 0 aliphatic heterocycles. The van der Waals surface area contributed by atoms with Crippen LogP contribution in [-0.2, 0) is 11.2 Å². The maximum atomic E-state index is 12.9. The van der Waals surface area contributed by atoms with Gasteiger partial charge >= 0.3 is 0 Å². The van der Waals surface area contributed by atoms with E-state index >= 15 is 0 Å². The SMILES string of the molecule is CN(C)C1C[C@@H]2CC(N(C)C(=O)CCc3ccc(F)cc3)C[C@@H]2C1. The molecule has 1 aromatic carbocycles. The molecule has 2 saturated carbocycles. The fourth-order valence-electron chi connectivity index (χ4n) is 4.57. The lowest BCUT2D eigenvalue weighted by Crippen LogP contribution is -2.36. The molecule has 2 aliphatic carbocycles. The summed E-state index contributed by atoms with van der Waals surface area (Å²) in [5.74, 6) is 1.56. The van der Waals surface area contributed by atoms with Gasteiger partial charge in [0.15, 0.2) is 0 Å². The predicted molar refractivity (Wildman–Crippen MR) is 94.2 cm³/mol. The van der Waals surface area contributed by atoms with Crippen LogP contribution in [0.15, 0.2) is 24.3 Å². The lowest BCUT2D eigenvalue weighted by Gasteiger charge is -2.27. The predicted octanol–water partition coefficient (Wildman–Crippen LogP) is 3.34. The van der Waals surface area contributed by atoms with Gasteiger partial charge in [0.2, 0.25) is 5.91 Å². The van der Waals surface area contributed by atoms with Crippen LogP contribution in [0.3, 0.4) is 0 Å². The van der Waals surface area contributed by atoms with Gasteiger partial charge in [0.1, 0.15) is 5.82 Å². The van der Waals surface area contributed by atoms with Gasteiger partial charge in [-0.15, -0.1) is 0 Å². The van der Waals surface area contributed by atoms with Crippen molar-refractivity contribution in [2.45, 2.75) is 50.6 Å². The molecular weight excluding hydrogens is 303 g/mol. The Bertz CT molecular complexity index is 558. The summed E-state index contributed by atoms with van der Waals surface area (Å²) >= 11 is 0. The summed E-state index contributed by atoms with van der Waals surface area (Å²) in [5, 5.41) is 0. The van der Waals surface area contributed by atoms with Crippen molar-refractivity contribution in [3.8, 4) is 0 Å². The molecule has 2 aliphatic rings. The summed E-state index contributed by atoms with van der Waals surface area (Å²) in [5.41, 5.74) is 1.02. The van der Waals surface area contributed by atoms with E-state index in [1.165, 1.54) is 25.0 Å². The maximum Gasteiger partial charge on any atom is 0.222 e. The van der Waals surface area contributed by atoms with Gasteiger partial charge in [-0.1, -0.05) is 12.1 Å². The van der Waals surface area contributed by atoms with E-state index in [1.807, 2.05) is 11.9 Å². The van der Waals surface area contributed by atoms with Gasteiger partial charge in [0.25, 0.3) is 0 Å². The number of hydrogen-bond donors (Lipinski definition) is 0. The van der Waals surface area contributed by atoms with Gasteiger partial charge in [-0.25, -0.2) is 4.39 Å². The molecule has 4 atom stereocenters. The van der Waals surface area contributed by atoms with Crippen molar-refractivity contribution in [1.82, 2.24) is 9.80 Å². The Hall–Kier alpha value is -1.42. The topological polar surface area (TPSA) is 23.6 Å². The summed E-state index contributed by atoms with van der Waals surface area (Å²) < 4.78 is 12.9. The van der Waals surface area contributed by atoms with E-state index in [1.54, 1.807) is 12.1 Å². The lowest BCUT2D eigenvalue weighted by molar-refractivity contribution is -0.131. The minimum Gasteiger partial charge on any atom is -0.343 e. The first-order valence-electron chi connectivity index (χ1n) is 9.10. The van der Waals surface area contributed by atoms with Crippen LogP contribution in [0.5, 0.6) is 0 Å².